The molecule has 1 aromatic carbocycles. The number of carbonyl (C=O) groups is 2. The van der Waals surface area contributed by atoms with Gasteiger partial charge in [0.15, 0.2) is 0 Å². The Bertz CT molecular complexity index is 482. The molecule has 19 heavy (non-hydrogen) atoms. The van der Waals surface area contributed by atoms with Crippen molar-refractivity contribution in [2.75, 3.05) is 12.9 Å². The second kappa shape index (κ2) is 7.08. The van der Waals surface area contributed by atoms with E-state index in [-0.39, 0.29) is 10.6 Å². The molecule has 0 aliphatic heterocycles. The van der Waals surface area contributed by atoms with Gasteiger partial charge < -0.3 is 10.1 Å². The molecule has 0 aliphatic rings. The van der Waals surface area contributed by atoms with Gasteiger partial charge in [-0.2, -0.15) is 0 Å². The lowest BCUT2D eigenvalue weighted by atomic mass is 10.3. The van der Waals surface area contributed by atoms with Gasteiger partial charge in [-0.1, -0.05) is 0 Å². The molecule has 0 bridgehead atoms. The van der Waals surface area contributed by atoms with Crippen molar-refractivity contribution in [3.63, 3.8) is 0 Å². The Morgan fingerprint density at radius 2 is 2.11 bits per heavy atom. The van der Waals surface area contributed by atoms with Crippen LogP contribution in [-0.4, -0.2) is 30.8 Å². The molecular weight excluding hydrogens is 276 g/mol. The molecular formula is C12H13F2NO3S. The van der Waals surface area contributed by atoms with E-state index in [1.165, 1.54) is 14.0 Å². The molecule has 1 amide bonds. The molecule has 1 rings (SSSR count). The Hall–Kier alpha value is -1.63. The summed E-state index contributed by atoms with van der Waals surface area (Å²) in [6.07, 6.45) is 0. The molecule has 7 heteroatoms. The number of rotatable bonds is 5. The molecule has 0 radical (unpaired) electrons. The topological polar surface area (TPSA) is 55.4 Å². The van der Waals surface area contributed by atoms with Crippen molar-refractivity contribution >= 4 is 23.6 Å². The predicted octanol–water partition coefficient (Wildman–Crippen LogP) is 1.73. The summed E-state index contributed by atoms with van der Waals surface area (Å²) in [5.41, 5.74) is 0. The highest BCUT2D eigenvalue weighted by molar-refractivity contribution is 7.99. The smallest absolute Gasteiger partial charge is 0.329 e. The molecule has 1 aromatic rings. The molecule has 0 saturated carbocycles. The third-order valence-corrected chi connectivity index (χ3v) is 3.29. The van der Waals surface area contributed by atoms with Crippen LogP contribution in [0.4, 0.5) is 8.78 Å². The Kier molecular flexibility index (Phi) is 5.75. The van der Waals surface area contributed by atoms with Crippen molar-refractivity contribution in [2.45, 2.75) is 17.9 Å². The van der Waals surface area contributed by atoms with Crippen LogP contribution in [0.5, 0.6) is 0 Å². The summed E-state index contributed by atoms with van der Waals surface area (Å²) in [6, 6.07) is 2.13. The summed E-state index contributed by atoms with van der Waals surface area (Å²) in [5, 5.41) is 2.38. The maximum absolute atomic E-state index is 13.4. The zero-order valence-corrected chi connectivity index (χ0v) is 11.2. The fraction of sp³-hybridized carbons (Fsp3) is 0.333. The summed E-state index contributed by atoms with van der Waals surface area (Å²) >= 11 is 0.924. The Morgan fingerprint density at radius 1 is 1.42 bits per heavy atom. The number of hydrogen-bond donors (Lipinski definition) is 1. The number of amides is 1. The van der Waals surface area contributed by atoms with Gasteiger partial charge in [-0.3, -0.25) is 4.79 Å². The maximum atomic E-state index is 13.4. The molecule has 1 N–H and O–H groups in total. The summed E-state index contributed by atoms with van der Waals surface area (Å²) in [6.45, 7) is 1.25. The zero-order chi connectivity index (χ0) is 14.4. The van der Waals surface area contributed by atoms with Gasteiger partial charge in [-0.15, -0.1) is 11.8 Å². The van der Waals surface area contributed by atoms with Crippen molar-refractivity contribution < 1.29 is 23.1 Å². The van der Waals surface area contributed by atoms with Crippen molar-refractivity contribution in [2.24, 2.45) is 0 Å². The Morgan fingerprint density at radius 3 is 2.68 bits per heavy atom. The highest BCUT2D eigenvalue weighted by atomic mass is 32.2. The first-order chi connectivity index (χ1) is 8.93. The first kappa shape index (κ1) is 15.4. The monoisotopic (exact) mass is 289 g/mol. The van der Waals surface area contributed by atoms with E-state index in [1.54, 1.807) is 0 Å². The SMILES string of the molecule is COC(=O)C(CSc1cc(F)ccc1F)NC(C)=O. The van der Waals surface area contributed by atoms with Crippen LogP contribution >= 0.6 is 11.8 Å². The van der Waals surface area contributed by atoms with Crippen LogP contribution in [0, 0.1) is 11.6 Å². The normalized spacial score (nSPS) is 11.8. The molecule has 1 unspecified atom stereocenters. The van der Waals surface area contributed by atoms with Crippen LogP contribution in [-0.2, 0) is 14.3 Å². The third-order valence-electron chi connectivity index (χ3n) is 2.16. The number of thioether (sulfide) groups is 1. The Labute approximate surface area is 113 Å². The van der Waals surface area contributed by atoms with Crippen LogP contribution in [0.25, 0.3) is 0 Å². The largest absolute Gasteiger partial charge is 0.467 e. The van der Waals surface area contributed by atoms with Gasteiger partial charge in [0.05, 0.1) is 7.11 Å². The lowest BCUT2D eigenvalue weighted by Crippen LogP contribution is -2.42. The van der Waals surface area contributed by atoms with Crippen molar-refractivity contribution in [3.05, 3.63) is 29.8 Å². The van der Waals surface area contributed by atoms with Gasteiger partial charge >= 0.3 is 5.97 Å². The summed E-state index contributed by atoms with van der Waals surface area (Å²) in [5.74, 6) is -2.15. The van der Waals surface area contributed by atoms with E-state index < -0.39 is 29.6 Å². The summed E-state index contributed by atoms with van der Waals surface area (Å²) < 4.78 is 30.9. The molecule has 1 atom stereocenters. The zero-order valence-electron chi connectivity index (χ0n) is 10.4. The van der Waals surface area contributed by atoms with Gasteiger partial charge in [0.25, 0.3) is 0 Å². The van der Waals surface area contributed by atoms with E-state index in [4.69, 9.17) is 0 Å². The number of halogens is 2. The Balaban J connectivity index is 2.72. The first-order valence-corrected chi connectivity index (χ1v) is 6.35. The number of hydrogen-bond acceptors (Lipinski definition) is 4. The fourth-order valence-electron chi connectivity index (χ4n) is 1.32. The molecule has 4 nitrogen and oxygen atoms in total. The van der Waals surface area contributed by atoms with Crippen LogP contribution in [0.2, 0.25) is 0 Å². The minimum Gasteiger partial charge on any atom is -0.467 e. The van der Waals surface area contributed by atoms with Crippen molar-refractivity contribution in [1.29, 1.82) is 0 Å². The van der Waals surface area contributed by atoms with Crippen LogP contribution in [0.1, 0.15) is 6.92 Å². The molecule has 0 heterocycles. The van der Waals surface area contributed by atoms with E-state index >= 15 is 0 Å². The number of benzene rings is 1. The molecule has 0 aromatic heterocycles. The lowest BCUT2D eigenvalue weighted by molar-refractivity contribution is -0.144. The number of methoxy groups -OCH3 is 1. The average molecular weight is 289 g/mol. The molecule has 0 aliphatic carbocycles. The standard InChI is InChI=1S/C12H13F2NO3S/c1-7(16)15-10(12(17)18-2)6-19-11-5-8(13)3-4-9(11)14/h3-5,10H,6H2,1-2H3,(H,15,16). The predicted molar refractivity (Wildman–Crippen MR) is 66.7 cm³/mol. The molecule has 0 fully saturated rings. The quantitative estimate of drug-likeness (QED) is 0.662. The average Bonchev–Trinajstić information content (AvgIpc) is 2.36. The van der Waals surface area contributed by atoms with Gasteiger partial charge in [0.1, 0.15) is 17.7 Å². The first-order valence-electron chi connectivity index (χ1n) is 5.37. The van der Waals surface area contributed by atoms with E-state index in [0.717, 1.165) is 30.0 Å². The molecule has 104 valence electrons. The summed E-state index contributed by atoms with van der Waals surface area (Å²) in [4.78, 5) is 22.4. The number of carbonyl (C=O) groups excluding carboxylic acids is 2. The number of ether oxygens (including phenoxy) is 1. The van der Waals surface area contributed by atoms with Crippen LogP contribution in [0.3, 0.4) is 0 Å². The van der Waals surface area contributed by atoms with Gasteiger partial charge in [-0.25, -0.2) is 13.6 Å². The molecule has 0 saturated heterocycles. The lowest BCUT2D eigenvalue weighted by Gasteiger charge is -2.15. The van der Waals surface area contributed by atoms with E-state index in [1.807, 2.05) is 0 Å². The highest BCUT2D eigenvalue weighted by Crippen LogP contribution is 2.23. The minimum atomic E-state index is -0.907. The minimum absolute atomic E-state index is 0.0482. The second-order valence-corrected chi connectivity index (χ2v) is 4.72. The van der Waals surface area contributed by atoms with Crippen LogP contribution in [0.15, 0.2) is 23.1 Å². The van der Waals surface area contributed by atoms with Crippen LogP contribution < -0.4 is 5.32 Å². The van der Waals surface area contributed by atoms with Crippen molar-refractivity contribution in [3.8, 4) is 0 Å². The number of esters is 1. The van der Waals surface area contributed by atoms with Gasteiger partial charge in [0.2, 0.25) is 5.91 Å². The second-order valence-electron chi connectivity index (χ2n) is 3.66. The van der Waals surface area contributed by atoms with Gasteiger partial charge in [-0.05, 0) is 18.2 Å². The molecule has 0 spiro atoms. The third kappa shape index (κ3) is 4.86. The highest BCUT2D eigenvalue weighted by Gasteiger charge is 2.21. The number of nitrogens with one attached hydrogen (secondary N) is 1. The van der Waals surface area contributed by atoms with E-state index in [0.29, 0.717) is 0 Å². The maximum Gasteiger partial charge on any atom is 0.329 e. The van der Waals surface area contributed by atoms with E-state index in [9.17, 15) is 18.4 Å². The van der Waals surface area contributed by atoms with Crippen molar-refractivity contribution in [1.82, 2.24) is 5.32 Å². The fourth-order valence-corrected chi connectivity index (χ4v) is 2.28. The van der Waals surface area contributed by atoms with E-state index in [2.05, 4.69) is 10.1 Å². The van der Waals surface area contributed by atoms with Gasteiger partial charge in [0, 0.05) is 17.6 Å². The summed E-state index contributed by atoms with van der Waals surface area (Å²) in [7, 11) is 1.19.